The van der Waals surface area contributed by atoms with Gasteiger partial charge < -0.3 is 5.32 Å². The molecule has 0 radical (unpaired) electrons. The van der Waals surface area contributed by atoms with Crippen molar-refractivity contribution in [3.05, 3.63) is 112 Å². The van der Waals surface area contributed by atoms with Crippen molar-refractivity contribution in [2.45, 2.75) is 9.79 Å². The number of nitrogens with one attached hydrogen (secondary N) is 2. The SMILES string of the molecule is O=C(CN(c1cc(Cl)ccc1Cl)S(=O)(=O)c1ccccc1)Nc1ccc(S(=O)(=O)Nc2ccccc2Cl)cc1. The van der Waals surface area contributed by atoms with E-state index in [2.05, 4.69) is 10.0 Å². The highest BCUT2D eigenvalue weighted by atomic mass is 35.5. The molecular weight excluding hydrogens is 605 g/mol. The first kappa shape index (κ1) is 28.7. The summed E-state index contributed by atoms with van der Waals surface area (Å²) >= 11 is 18.4. The number of nitrogens with zero attached hydrogens (tertiary/aromatic N) is 1. The summed E-state index contributed by atoms with van der Waals surface area (Å²) in [6.07, 6.45) is 0. The van der Waals surface area contributed by atoms with Crippen LogP contribution in [0.2, 0.25) is 15.1 Å². The predicted molar refractivity (Wildman–Crippen MR) is 155 cm³/mol. The minimum absolute atomic E-state index is 0.0234. The van der Waals surface area contributed by atoms with Crippen molar-refractivity contribution < 1.29 is 21.6 Å². The fourth-order valence-electron chi connectivity index (χ4n) is 3.49. The van der Waals surface area contributed by atoms with Crippen LogP contribution in [0.15, 0.2) is 107 Å². The Hall–Kier alpha value is -3.28. The Kier molecular flexibility index (Phi) is 8.73. The summed E-state index contributed by atoms with van der Waals surface area (Å²) in [5.74, 6) is -0.699. The molecule has 0 heterocycles. The third-order valence-electron chi connectivity index (χ3n) is 5.36. The Morgan fingerprint density at radius 2 is 1.36 bits per heavy atom. The molecule has 0 fully saturated rings. The lowest BCUT2D eigenvalue weighted by Gasteiger charge is -2.25. The molecule has 1 amide bonds. The molecule has 0 bridgehead atoms. The van der Waals surface area contributed by atoms with E-state index in [0.717, 1.165) is 4.31 Å². The third kappa shape index (κ3) is 6.84. The summed E-state index contributed by atoms with van der Waals surface area (Å²) in [7, 11) is -8.17. The van der Waals surface area contributed by atoms with Crippen LogP contribution in [0.3, 0.4) is 0 Å². The molecule has 0 spiro atoms. The van der Waals surface area contributed by atoms with Gasteiger partial charge in [0.25, 0.3) is 20.0 Å². The van der Waals surface area contributed by atoms with Gasteiger partial charge in [-0.3, -0.25) is 13.8 Å². The summed E-state index contributed by atoms with van der Waals surface area (Å²) in [6.45, 7) is -0.634. The average molecular weight is 625 g/mol. The van der Waals surface area contributed by atoms with E-state index in [9.17, 15) is 21.6 Å². The van der Waals surface area contributed by atoms with Crippen molar-refractivity contribution >= 4 is 77.8 Å². The highest BCUT2D eigenvalue weighted by Crippen LogP contribution is 2.33. The Balaban J connectivity index is 1.56. The molecule has 8 nitrogen and oxygen atoms in total. The lowest BCUT2D eigenvalue weighted by Crippen LogP contribution is -2.38. The largest absolute Gasteiger partial charge is 0.325 e. The highest BCUT2D eigenvalue weighted by Gasteiger charge is 2.29. The molecule has 4 aromatic carbocycles. The monoisotopic (exact) mass is 623 g/mol. The maximum absolute atomic E-state index is 13.5. The highest BCUT2D eigenvalue weighted by molar-refractivity contribution is 7.93. The lowest BCUT2D eigenvalue weighted by atomic mass is 10.3. The quantitative estimate of drug-likeness (QED) is 0.228. The van der Waals surface area contributed by atoms with Crippen LogP contribution >= 0.6 is 34.8 Å². The van der Waals surface area contributed by atoms with Gasteiger partial charge >= 0.3 is 0 Å². The normalized spacial score (nSPS) is 11.6. The second-order valence-corrected chi connectivity index (χ2v) is 12.9. The first-order valence-corrected chi connectivity index (χ1v) is 15.2. The summed E-state index contributed by atoms with van der Waals surface area (Å²) < 4.78 is 55.7. The second-order valence-electron chi connectivity index (χ2n) is 8.08. The topological polar surface area (TPSA) is 113 Å². The minimum atomic E-state index is -4.21. The van der Waals surface area contributed by atoms with E-state index in [1.165, 1.54) is 60.7 Å². The van der Waals surface area contributed by atoms with Gasteiger partial charge in [0.15, 0.2) is 0 Å². The van der Waals surface area contributed by atoms with Crippen molar-refractivity contribution in [1.29, 1.82) is 0 Å². The van der Waals surface area contributed by atoms with Crippen LogP contribution in [0.4, 0.5) is 17.1 Å². The van der Waals surface area contributed by atoms with Crippen LogP contribution in [0.1, 0.15) is 0 Å². The molecule has 13 heteroatoms. The number of carbonyl (C=O) groups excluding carboxylic acids is 1. The van der Waals surface area contributed by atoms with E-state index in [0.29, 0.717) is 0 Å². The van der Waals surface area contributed by atoms with E-state index < -0.39 is 32.5 Å². The predicted octanol–water partition coefficient (Wildman–Crippen LogP) is 6.28. The number of hydrogen-bond donors (Lipinski definition) is 2. The summed E-state index contributed by atoms with van der Waals surface area (Å²) in [5.41, 5.74) is 0.483. The number of carbonyl (C=O) groups is 1. The molecule has 0 aromatic heterocycles. The van der Waals surface area contributed by atoms with Crippen molar-refractivity contribution in [2.75, 3.05) is 20.9 Å². The standard InChI is InChI=1S/C26H20Cl3N3O5S2/c27-18-10-15-23(29)25(16-18)32(39(36,37)21-6-2-1-3-7-21)17-26(33)30-19-11-13-20(14-12-19)38(34,35)31-24-9-5-4-8-22(24)28/h1-16,31H,17H2,(H,30,33). The van der Waals surface area contributed by atoms with Gasteiger partial charge in [0.1, 0.15) is 6.54 Å². The summed E-state index contributed by atoms with van der Waals surface area (Å²) in [6, 6.07) is 23.6. The second kappa shape index (κ2) is 11.8. The molecule has 202 valence electrons. The minimum Gasteiger partial charge on any atom is -0.325 e. The van der Waals surface area contributed by atoms with Gasteiger partial charge in [0, 0.05) is 10.7 Å². The summed E-state index contributed by atoms with van der Waals surface area (Å²) in [4.78, 5) is 12.9. The molecule has 0 unspecified atom stereocenters. The Bertz CT molecular complexity index is 1720. The number of benzene rings is 4. The first-order chi connectivity index (χ1) is 18.5. The number of hydrogen-bond acceptors (Lipinski definition) is 5. The average Bonchev–Trinajstić information content (AvgIpc) is 2.91. The fraction of sp³-hybridized carbons (Fsp3) is 0.0385. The van der Waals surface area contributed by atoms with Crippen molar-refractivity contribution in [3.63, 3.8) is 0 Å². The van der Waals surface area contributed by atoms with Crippen LogP contribution in [-0.2, 0) is 24.8 Å². The number of halogens is 3. The van der Waals surface area contributed by atoms with Crippen molar-refractivity contribution in [1.82, 2.24) is 0 Å². The van der Waals surface area contributed by atoms with E-state index in [4.69, 9.17) is 34.8 Å². The van der Waals surface area contributed by atoms with E-state index in [1.54, 1.807) is 36.4 Å². The lowest BCUT2D eigenvalue weighted by molar-refractivity contribution is -0.114. The van der Waals surface area contributed by atoms with E-state index in [1.807, 2.05) is 0 Å². The molecule has 0 saturated carbocycles. The van der Waals surface area contributed by atoms with Crippen LogP contribution < -0.4 is 14.3 Å². The number of sulfonamides is 2. The van der Waals surface area contributed by atoms with Gasteiger partial charge in [-0.2, -0.15) is 0 Å². The number of para-hydroxylation sites is 1. The molecule has 0 aliphatic rings. The number of rotatable bonds is 9. The van der Waals surface area contributed by atoms with Crippen LogP contribution in [0.25, 0.3) is 0 Å². The maximum Gasteiger partial charge on any atom is 0.264 e. The van der Waals surface area contributed by atoms with E-state index in [-0.39, 0.29) is 41.9 Å². The van der Waals surface area contributed by atoms with Crippen LogP contribution in [0.5, 0.6) is 0 Å². The smallest absolute Gasteiger partial charge is 0.264 e. The zero-order valence-electron chi connectivity index (χ0n) is 19.9. The zero-order chi connectivity index (χ0) is 28.2. The van der Waals surface area contributed by atoms with Gasteiger partial charge in [0.05, 0.1) is 31.2 Å². The molecular formula is C26H20Cl3N3O5S2. The Labute approximate surface area is 241 Å². The zero-order valence-corrected chi connectivity index (χ0v) is 23.8. The van der Waals surface area contributed by atoms with Gasteiger partial charge in [-0.15, -0.1) is 0 Å². The van der Waals surface area contributed by atoms with Crippen molar-refractivity contribution in [2.24, 2.45) is 0 Å². The van der Waals surface area contributed by atoms with Crippen LogP contribution in [-0.4, -0.2) is 29.3 Å². The molecule has 0 aliphatic heterocycles. The molecule has 0 atom stereocenters. The first-order valence-electron chi connectivity index (χ1n) is 11.2. The van der Waals surface area contributed by atoms with Crippen LogP contribution in [0, 0.1) is 0 Å². The molecule has 2 N–H and O–H groups in total. The van der Waals surface area contributed by atoms with Gasteiger partial charge in [0.2, 0.25) is 5.91 Å². The molecule has 4 aromatic rings. The van der Waals surface area contributed by atoms with Crippen molar-refractivity contribution in [3.8, 4) is 0 Å². The summed E-state index contributed by atoms with van der Waals surface area (Å²) in [5, 5.41) is 3.12. The number of anilines is 3. The molecule has 0 aliphatic carbocycles. The maximum atomic E-state index is 13.5. The van der Waals surface area contributed by atoms with Gasteiger partial charge in [-0.1, -0.05) is 65.1 Å². The number of amides is 1. The molecule has 39 heavy (non-hydrogen) atoms. The van der Waals surface area contributed by atoms with Gasteiger partial charge in [-0.25, -0.2) is 16.8 Å². The fourth-order valence-corrected chi connectivity index (χ4v) is 6.70. The third-order valence-corrected chi connectivity index (χ3v) is 9.40. The van der Waals surface area contributed by atoms with Gasteiger partial charge in [-0.05, 0) is 66.7 Å². The molecule has 4 rings (SSSR count). The molecule has 0 saturated heterocycles. The van der Waals surface area contributed by atoms with E-state index >= 15 is 0 Å². The Morgan fingerprint density at radius 1 is 0.718 bits per heavy atom. The Morgan fingerprint density at radius 3 is 2.03 bits per heavy atom.